The number of fused-ring (bicyclic) bond motifs is 1. The minimum atomic E-state index is 0.653. The highest BCUT2D eigenvalue weighted by molar-refractivity contribution is 7.98. The molecule has 1 aliphatic heterocycles. The molecule has 3 nitrogen and oxygen atoms in total. The van der Waals surface area contributed by atoms with Crippen LogP contribution in [0.2, 0.25) is 0 Å². The van der Waals surface area contributed by atoms with Gasteiger partial charge >= 0.3 is 0 Å². The van der Waals surface area contributed by atoms with Crippen molar-refractivity contribution >= 4 is 17.4 Å². The lowest BCUT2D eigenvalue weighted by atomic mass is 9.98. The molecule has 0 aliphatic carbocycles. The lowest BCUT2D eigenvalue weighted by Gasteiger charge is -2.22. The van der Waals surface area contributed by atoms with Crippen molar-refractivity contribution in [3.8, 4) is 11.3 Å². The molecule has 1 aromatic heterocycles. The molecule has 112 valence electrons. The van der Waals surface area contributed by atoms with E-state index in [4.69, 9.17) is 0 Å². The van der Waals surface area contributed by atoms with Crippen LogP contribution in [0.25, 0.3) is 11.3 Å². The van der Waals surface area contributed by atoms with Crippen molar-refractivity contribution in [2.24, 2.45) is 5.92 Å². The van der Waals surface area contributed by atoms with Crippen LogP contribution in [0.3, 0.4) is 0 Å². The number of aryl methyl sites for hydroxylation is 1. The second-order valence-electron chi connectivity index (χ2n) is 5.86. The molecule has 1 atom stereocenters. The van der Waals surface area contributed by atoms with Crippen LogP contribution in [0.1, 0.15) is 18.9 Å². The smallest absolute Gasteiger partial charge is 0.0951 e. The minimum Gasteiger partial charge on any atom is -0.384 e. The van der Waals surface area contributed by atoms with Gasteiger partial charge in [0.2, 0.25) is 0 Å². The molecule has 0 saturated heterocycles. The number of para-hydroxylation sites is 1. The predicted molar refractivity (Wildman–Crippen MR) is 92.0 cm³/mol. The molecular weight excluding hydrogens is 278 g/mol. The van der Waals surface area contributed by atoms with Gasteiger partial charge in [0.25, 0.3) is 0 Å². The Kier molecular flexibility index (Phi) is 4.54. The van der Waals surface area contributed by atoms with Crippen LogP contribution >= 0.6 is 11.8 Å². The lowest BCUT2D eigenvalue weighted by Crippen LogP contribution is -2.14. The fourth-order valence-corrected chi connectivity index (χ4v) is 3.76. The number of rotatable bonds is 5. The minimum absolute atomic E-state index is 0.653. The van der Waals surface area contributed by atoms with Gasteiger partial charge in [0.15, 0.2) is 0 Å². The highest BCUT2D eigenvalue weighted by Crippen LogP contribution is 2.34. The van der Waals surface area contributed by atoms with Crippen molar-refractivity contribution in [1.29, 1.82) is 0 Å². The Morgan fingerprint density at radius 2 is 2.33 bits per heavy atom. The normalized spacial score (nSPS) is 15.3. The van der Waals surface area contributed by atoms with E-state index in [1.165, 1.54) is 41.1 Å². The fourth-order valence-electron chi connectivity index (χ4n) is 3.09. The monoisotopic (exact) mass is 301 g/mol. The van der Waals surface area contributed by atoms with E-state index in [-0.39, 0.29) is 0 Å². The first-order valence-electron chi connectivity index (χ1n) is 7.65. The molecule has 0 radical (unpaired) electrons. The van der Waals surface area contributed by atoms with Crippen molar-refractivity contribution in [2.75, 3.05) is 23.9 Å². The zero-order valence-electron chi connectivity index (χ0n) is 12.8. The van der Waals surface area contributed by atoms with E-state index < -0.39 is 0 Å². The van der Waals surface area contributed by atoms with Gasteiger partial charge in [0, 0.05) is 24.3 Å². The number of nitrogens with one attached hydrogen (secondary N) is 1. The van der Waals surface area contributed by atoms with Gasteiger partial charge in [0.1, 0.15) is 0 Å². The number of nitrogens with zero attached hydrogens (tertiary/aromatic N) is 2. The van der Waals surface area contributed by atoms with Crippen LogP contribution in [0, 0.1) is 5.92 Å². The summed E-state index contributed by atoms with van der Waals surface area (Å²) in [5.74, 6) is 1.84. The molecule has 0 spiro atoms. The van der Waals surface area contributed by atoms with E-state index in [0.29, 0.717) is 5.92 Å². The van der Waals surface area contributed by atoms with Crippen LogP contribution in [-0.4, -0.2) is 28.1 Å². The first-order valence-corrected chi connectivity index (χ1v) is 9.04. The van der Waals surface area contributed by atoms with E-state index in [0.717, 1.165) is 13.1 Å². The van der Waals surface area contributed by atoms with E-state index in [1.54, 1.807) is 0 Å². The van der Waals surface area contributed by atoms with Crippen molar-refractivity contribution in [2.45, 2.75) is 26.3 Å². The van der Waals surface area contributed by atoms with Crippen LogP contribution in [0.4, 0.5) is 5.69 Å². The molecule has 4 heteroatoms. The summed E-state index contributed by atoms with van der Waals surface area (Å²) < 4.78 is 2.30. The molecule has 0 amide bonds. The molecule has 1 unspecified atom stereocenters. The fraction of sp³-hybridized carbons (Fsp3) is 0.471. The Morgan fingerprint density at radius 3 is 3.19 bits per heavy atom. The SMILES string of the molecule is CSCC(C)Cn1cncc1-c1cccc2c1NCCC2. The summed E-state index contributed by atoms with van der Waals surface area (Å²) in [6.45, 7) is 4.40. The highest BCUT2D eigenvalue weighted by Gasteiger charge is 2.16. The summed E-state index contributed by atoms with van der Waals surface area (Å²) in [5.41, 5.74) is 5.27. The summed E-state index contributed by atoms with van der Waals surface area (Å²) in [7, 11) is 0. The Hall–Kier alpha value is -1.42. The van der Waals surface area contributed by atoms with E-state index in [1.807, 2.05) is 24.3 Å². The molecule has 1 aromatic carbocycles. The van der Waals surface area contributed by atoms with Gasteiger partial charge in [-0.05, 0) is 36.3 Å². The molecule has 21 heavy (non-hydrogen) atoms. The number of anilines is 1. The second-order valence-corrected chi connectivity index (χ2v) is 6.77. The first-order chi connectivity index (χ1) is 10.3. The number of imidazole rings is 1. The average Bonchev–Trinajstić information content (AvgIpc) is 2.95. The Bertz CT molecular complexity index is 606. The molecule has 3 rings (SSSR count). The number of aromatic nitrogens is 2. The summed E-state index contributed by atoms with van der Waals surface area (Å²) in [5, 5.41) is 3.58. The molecule has 1 aliphatic rings. The topological polar surface area (TPSA) is 29.9 Å². The number of hydrogen-bond donors (Lipinski definition) is 1. The van der Waals surface area contributed by atoms with Gasteiger partial charge < -0.3 is 9.88 Å². The van der Waals surface area contributed by atoms with Crippen LogP contribution < -0.4 is 5.32 Å². The molecule has 0 bridgehead atoms. The van der Waals surface area contributed by atoms with E-state index in [2.05, 4.69) is 46.2 Å². The van der Waals surface area contributed by atoms with Crippen molar-refractivity contribution in [3.63, 3.8) is 0 Å². The third-order valence-corrected chi connectivity index (χ3v) is 4.93. The third-order valence-electron chi connectivity index (χ3n) is 4.02. The van der Waals surface area contributed by atoms with Gasteiger partial charge in [-0.1, -0.05) is 25.1 Å². The third kappa shape index (κ3) is 3.10. The van der Waals surface area contributed by atoms with Gasteiger partial charge in [-0.25, -0.2) is 4.98 Å². The van der Waals surface area contributed by atoms with E-state index in [9.17, 15) is 0 Å². The zero-order chi connectivity index (χ0) is 14.7. The zero-order valence-corrected chi connectivity index (χ0v) is 13.6. The molecule has 0 fully saturated rings. The first kappa shape index (κ1) is 14.5. The lowest BCUT2D eigenvalue weighted by molar-refractivity contribution is 0.534. The van der Waals surface area contributed by atoms with Crippen molar-refractivity contribution in [1.82, 2.24) is 9.55 Å². The molecule has 1 N–H and O–H groups in total. The highest BCUT2D eigenvalue weighted by atomic mass is 32.2. The van der Waals surface area contributed by atoms with Gasteiger partial charge in [0.05, 0.1) is 18.2 Å². The van der Waals surface area contributed by atoms with E-state index >= 15 is 0 Å². The molecular formula is C17H23N3S. The maximum atomic E-state index is 4.39. The molecule has 2 aromatic rings. The Balaban J connectivity index is 1.93. The van der Waals surface area contributed by atoms with Crippen molar-refractivity contribution in [3.05, 3.63) is 36.3 Å². The predicted octanol–water partition coefficient (Wildman–Crippen LogP) is 3.91. The summed E-state index contributed by atoms with van der Waals surface area (Å²) in [4.78, 5) is 4.39. The quantitative estimate of drug-likeness (QED) is 0.908. The summed E-state index contributed by atoms with van der Waals surface area (Å²) >= 11 is 1.91. The standard InChI is InChI=1S/C17H23N3S/c1-13(11-21-2)10-20-12-18-9-16(20)15-7-3-5-14-6-4-8-19-17(14)15/h3,5,7,9,12-13,19H,4,6,8,10-11H2,1-2H3. The Morgan fingerprint density at radius 1 is 1.43 bits per heavy atom. The van der Waals surface area contributed by atoms with Crippen LogP contribution in [-0.2, 0) is 13.0 Å². The summed E-state index contributed by atoms with van der Waals surface area (Å²) in [6.07, 6.45) is 8.53. The summed E-state index contributed by atoms with van der Waals surface area (Å²) in [6, 6.07) is 6.62. The van der Waals surface area contributed by atoms with Crippen molar-refractivity contribution < 1.29 is 0 Å². The van der Waals surface area contributed by atoms with Gasteiger partial charge in [-0.15, -0.1) is 0 Å². The molecule has 2 heterocycles. The number of thioether (sulfide) groups is 1. The largest absolute Gasteiger partial charge is 0.384 e. The number of hydrogen-bond acceptors (Lipinski definition) is 3. The van der Waals surface area contributed by atoms with Gasteiger partial charge in [-0.2, -0.15) is 11.8 Å². The average molecular weight is 301 g/mol. The Labute approximate surface area is 131 Å². The number of benzene rings is 1. The maximum absolute atomic E-state index is 4.39. The second kappa shape index (κ2) is 6.56. The van der Waals surface area contributed by atoms with Gasteiger partial charge in [-0.3, -0.25) is 0 Å². The molecule has 0 saturated carbocycles. The maximum Gasteiger partial charge on any atom is 0.0951 e. The van der Waals surface area contributed by atoms with Crippen LogP contribution in [0.5, 0.6) is 0 Å². The van der Waals surface area contributed by atoms with Crippen LogP contribution in [0.15, 0.2) is 30.7 Å².